The molecule has 12 aromatic rings. The van der Waals surface area contributed by atoms with Gasteiger partial charge in [0.2, 0.25) is 20.1 Å². The maximum absolute atomic E-state index is 14.0. The van der Waals surface area contributed by atoms with Gasteiger partial charge in [-0.05, 0) is 175 Å². The molecule has 81 heavy (non-hydrogen) atoms. The number of fused-ring (bicyclic) bond motifs is 15. The van der Waals surface area contributed by atoms with Gasteiger partial charge in [-0.3, -0.25) is 0 Å². The number of para-hydroxylation sites is 6. The average molecular weight is 1120 g/mol. The van der Waals surface area contributed by atoms with E-state index in [1.165, 1.54) is 117 Å². The molecule has 0 aliphatic carbocycles. The zero-order valence-corrected chi connectivity index (χ0v) is 46.0. The van der Waals surface area contributed by atoms with Gasteiger partial charge in [0.25, 0.3) is 0 Å². The summed E-state index contributed by atoms with van der Waals surface area (Å²) in [5.74, 6) is -0.182. The Morgan fingerprint density at radius 2 is 0.617 bits per heavy atom. The first-order valence-electron chi connectivity index (χ1n) is 27.6. The molecule has 12 aromatic carbocycles. The molecule has 0 fully saturated rings. The fourth-order valence-electron chi connectivity index (χ4n) is 14.1. The maximum atomic E-state index is 14.0. The Hall–Kier alpha value is -9.07. The van der Waals surface area contributed by atoms with E-state index >= 15 is 0 Å². The van der Waals surface area contributed by atoms with E-state index in [1.54, 1.807) is 12.1 Å². The zero-order chi connectivity index (χ0) is 53.9. The van der Waals surface area contributed by atoms with Crippen molar-refractivity contribution in [3.8, 4) is 33.4 Å². The van der Waals surface area contributed by atoms with Crippen molar-refractivity contribution in [2.45, 2.75) is 0 Å². The van der Waals surface area contributed by atoms with Crippen LogP contribution in [0.2, 0.25) is 5.02 Å². The minimum Gasteiger partial charge on any atom is -0.312 e. The lowest BCUT2D eigenvalue weighted by atomic mass is 9.37. The molecule has 378 valence electrons. The first-order chi connectivity index (χ1) is 40.0. The van der Waals surface area contributed by atoms with Crippen LogP contribution in [0.15, 0.2) is 277 Å². The van der Waals surface area contributed by atoms with Crippen LogP contribution < -0.4 is 63.9 Å². The van der Waals surface area contributed by atoms with Crippen molar-refractivity contribution < 1.29 is 4.39 Å². The van der Waals surface area contributed by atoms with Crippen LogP contribution in [0.5, 0.6) is 0 Å². The van der Waals surface area contributed by atoms with E-state index < -0.39 is 0 Å². The summed E-state index contributed by atoms with van der Waals surface area (Å²) in [6.45, 7) is 0.720. The number of anilines is 9. The Labute approximate surface area is 485 Å². The normalized spacial score (nSPS) is 13.2. The summed E-state index contributed by atoms with van der Waals surface area (Å²) < 4.78 is 15.2. The number of benzene rings is 12. The summed E-state index contributed by atoms with van der Waals surface area (Å²) >= 11 is 10.0. The molecule has 6 heterocycles. The summed E-state index contributed by atoms with van der Waals surface area (Å²) in [5.41, 5.74) is 30.4. The second-order valence-corrected chi connectivity index (χ2v) is 22.8. The van der Waals surface area contributed by atoms with Gasteiger partial charge in [0.05, 0.1) is 0 Å². The molecule has 0 atom stereocenters. The van der Waals surface area contributed by atoms with Crippen LogP contribution in [0.3, 0.4) is 0 Å². The lowest BCUT2D eigenvalue weighted by molar-refractivity contribution is 0.629. The zero-order valence-electron chi connectivity index (χ0n) is 43.7. The molecule has 0 saturated heterocycles. The average Bonchev–Trinajstić information content (AvgIpc) is 4.13. The standard InChI is InChI=1S/C24H15BBrN.C24H15BClN.C24H15BFN/c3*26-16-13-14-20-19(15-16)18-9-6-12-23-24(18)25(20)21-10-4-5-11-22(21)27(23)17-7-2-1-3-8-17/h3*1-15H. The first kappa shape index (κ1) is 47.9. The molecule has 9 heteroatoms. The van der Waals surface area contributed by atoms with Crippen LogP contribution in [0.1, 0.15) is 0 Å². The summed E-state index contributed by atoms with van der Waals surface area (Å²) in [4.78, 5) is 7.12. The van der Waals surface area contributed by atoms with Crippen molar-refractivity contribution in [1.82, 2.24) is 0 Å². The number of halogens is 3. The quantitative estimate of drug-likeness (QED) is 0.163. The molecular formula is C72H45B3BrClFN3. The molecule has 0 radical (unpaired) electrons. The van der Waals surface area contributed by atoms with Gasteiger partial charge in [0, 0.05) is 60.7 Å². The highest BCUT2D eigenvalue weighted by Gasteiger charge is 2.45. The van der Waals surface area contributed by atoms with Gasteiger partial charge in [0.15, 0.2) is 0 Å². The molecular weight excluding hydrogens is 1070 g/mol. The molecule has 0 amide bonds. The third-order valence-corrected chi connectivity index (χ3v) is 17.9. The van der Waals surface area contributed by atoms with Gasteiger partial charge in [-0.1, -0.05) is 208 Å². The van der Waals surface area contributed by atoms with Crippen molar-refractivity contribution in [3.05, 3.63) is 288 Å². The number of nitrogens with zero attached hydrogens (tertiary/aromatic N) is 3. The molecule has 0 spiro atoms. The highest BCUT2D eigenvalue weighted by Crippen LogP contribution is 2.44. The van der Waals surface area contributed by atoms with Crippen LogP contribution in [0.25, 0.3) is 33.4 Å². The monoisotopic (exact) mass is 1120 g/mol. The third kappa shape index (κ3) is 7.43. The van der Waals surface area contributed by atoms with Gasteiger partial charge < -0.3 is 14.7 Å². The molecule has 18 rings (SSSR count). The molecule has 3 nitrogen and oxygen atoms in total. The molecule has 0 aromatic heterocycles. The van der Waals surface area contributed by atoms with E-state index in [4.69, 9.17) is 11.6 Å². The summed E-state index contributed by atoms with van der Waals surface area (Å²) in [5, 5.41) is 0.790. The SMILES string of the molecule is Brc1ccc2c(c1)-c1cccc3c1B2c1ccccc1N3c1ccccc1.Clc1ccc2c(c1)-c1cccc3c1B2c1ccccc1N3c1ccccc1.Fc1ccc2c(c1)-c1cccc3c1B2c1ccccc1N3c1ccccc1. The van der Waals surface area contributed by atoms with Crippen molar-refractivity contribution in [1.29, 1.82) is 0 Å². The highest BCUT2D eigenvalue weighted by molar-refractivity contribution is 9.10. The Kier molecular flexibility index (Phi) is 11.3. The van der Waals surface area contributed by atoms with Crippen LogP contribution in [-0.2, 0) is 0 Å². The Morgan fingerprint density at radius 3 is 1.04 bits per heavy atom. The summed E-state index contributed by atoms with van der Waals surface area (Å²) in [6.07, 6.45) is 0. The highest BCUT2D eigenvalue weighted by atomic mass is 79.9. The van der Waals surface area contributed by atoms with Crippen molar-refractivity contribution in [2.75, 3.05) is 14.7 Å². The smallest absolute Gasteiger partial charge is 0.248 e. The van der Waals surface area contributed by atoms with E-state index in [9.17, 15) is 4.39 Å². The Bertz CT molecular complexity index is 4070. The van der Waals surface area contributed by atoms with Gasteiger partial charge in [0.1, 0.15) is 5.82 Å². The number of hydrogen-bond donors (Lipinski definition) is 0. The van der Waals surface area contributed by atoms with Crippen molar-refractivity contribution >= 4 is 148 Å². The molecule has 6 aliphatic heterocycles. The second-order valence-electron chi connectivity index (χ2n) is 21.4. The minimum atomic E-state index is -0.182. The summed E-state index contributed by atoms with van der Waals surface area (Å²) in [7, 11) is 0. The van der Waals surface area contributed by atoms with E-state index in [-0.39, 0.29) is 19.2 Å². The Balaban J connectivity index is 0.000000100. The molecule has 0 bridgehead atoms. The van der Waals surface area contributed by atoms with E-state index in [1.807, 2.05) is 18.2 Å². The van der Waals surface area contributed by atoms with E-state index in [0.29, 0.717) is 6.71 Å². The molecule has 0 N–H and O–H groups in total. The second kappa shape index (κ2) is 19.1. The molecule has 6 aliphatic rings. The predicted molar refractivity (Wildman–Crippen MR) is 346 cm³/mol. The first-order valence-corrected chi connectivity index (χ1v) is 28.8. The van der Waals surface area contributed by atoms with Gasteiger partial charge >= 0.3 is 0 Å². The lowest BCUT2D eigenvalue weighted by Gasteiger charge is -2.35. The Morgan fingerprint density at radius 1 is 0.284 bits per heavy atom. The fraction of sp³-hybridized carbons (Fsp3) is 0. The largest absolute Gasteiger partial charge is 0.312 e. The van der Waals surface area contributed by atoms with E-state index in [0.717, 1.165) is 26.3 Å². The van der Waals surface area contributed by atoms with Crippen LogP contribution in [-0.4, -0.2) is 20.1 Å². The lowest BCUT2D eigenvalue weighted by Crippen LogP contribution is -2.54. The van der Waals surface area contributed by atoms with Crippen LogP contribution >= 0.6 is 27.5 Å². The minimum absolute atomic E-state index is 0.156. The number of hydrogen-bond acceptors (Lipinski definition) is 3. The van der Waals surface area contributed by atoms with Crippen molar-refractivity contribution in [3.63, 3.8) is 0 Å². The number of rotatable bonds is 3. The van der Waals surface area contributed by atoms with E-state index in [2.05, 4.69) is 273 Å². The predicted octanol–water partition coefficient (Wildman–Crippen LogP) is 13.5. The van der Waals surface area contributed by atoms with Gasteiger partial charge in [-0.25, -0.2) is 4.39 Å². The summed E-state index contributed by atoms with van der Waals surface area (Å²) in [6, 6.07) is 95.8. The third-order valence-electron chi connectivity index (χ3n) is 17.2. The van der Waals surface area contributed by atoms with Crippen molar-refractivity contribution in [2.24, 2.45) is 0 Å². The van der Waals surface area contributed by atoms with Crippen LogP contribution in [0.4, 0.5) is 55.6 Å². The maximum Gasteiger partial charge on any atom is 0.248 e. The van der Waals surface area contributed by atoms with Crippen LogP contribution in [0, 0.1) is 5.82 Å². The topological polar surface area (TPSA) is 9.72 Å². The van der Waals surface area contributed by atoms with Gasteiger partial charge in [-0.2, -0.15) is 0 Å². The molecule has 0 unspecified atom stereocenters. The fourth-order valence-corrected chi connectivity index (χ4v) is 14.6. The van der Waals surface area contributed by atoms with Gasteiger partial charge in [-0.15, -0.1) is 0 Å². The molecule has 0 saturated carbocycles.